The highest BCUT2D eigenvalue weighted by atomic mass is 16.5. The van der Waals surface area contributed by atoms with Gasteiger partial charge in [0.2, 0.25) is 0 Å². The molecule has 2 aromatic heterocycles. The zero-order valence-corrected chi connectivity index (χ0v) is 17.2. The number of nitrogens with one attached hydrogen (secondary N) is 1. The van der Waals surface area contributed by atoms with Gasteiger partial charge in [0.15, 0.2) is 0 Å². The van der Waals surface area contributed by atoms with E-state index in [1.165, 1.54) is 5.56 Å². The number of benzene rings is 2. The first-order valence-corrected chi connectivity index (χ1v) is 10.1. The lowest BCUT2D eigenvalue weighted by molar-refractivity contribution is 0.407. The smallest absolute Gasteiger partial charge is 0.134 e. The molecule has 1 unspecified atom stereocenters. The molecule has 0 saturated heterocycles. The molecule has 0 spiro atoms. The monoisotopic (exact) mass is 389 g/mol. The Balaban J connectivity index is 1.48. The van der Waals surface area contributed by atoms with E-state index in [1.807, 2.05) is 36.7 Å². The molecule has 4 aromatic rings. The number of methoxy groups -OCH3 is 1. The Morgan fingerprint density at radius 1 is 1.17 bits per heavy atom. The van der Waals surface area contributed by atoms with Crippen LogP contribution in [0.4, 0.5) is 0 Å². The summed E-state index contributed by atoms with van der Waals surface area (Å²) in [6, 6.07) is 16.7. The Labute approximate surface area is 171 Å². The lowest BCUT2D eigenvalue weighted by atomic mass is 10.1. The van der Waals surface area contributed by atoms with E-state index in [4.69, 9.17) is 9.15 Å². The van der Waals surface area contributed by atoms with Gasteiger partial charge in [-0.1, -0.05) is 31.2 Å². The number of fused-ring (bicyclic) bond motifs is 1. The first kappa shape index (κ1) is 19.3. The van der Waals surface area contributed by atoms with E-state index in [1.54, 1.807) is 7.11 Å². The van der Waals surface area contributed by atoms with E-state index in [2.05, 4.69) is 53.0 Å². The van der Waals surface area contributed by atoms with Crippen molar-refractivity contribution >= 4 is 11.0 Å². The Morgan fingerprint density at radius 2 is 2.03 bits per heavy atom. The van der Waals surface area contributed by atoms with Crippen LogP contribution in [0.3, 0.4) is 0 Å². The van der Waals surface area contributed by atoms with Crippen molar-refractivity contribution in [3.63, 3.8) is 0 Å². The van der Waals surface area contributed by atoms with Gasteiger partial charge < -0.3 is 19.0 Å². The Bertz CT molecular complexity index is 1060. The van der Waals surface area contributed by atoms with Gasteiger partial charge in [0.05, 0.1) is 19.7 Å². The van der Waals surface area contributed by atoms with E-state index in [0.717, 1.165) is 53.4 Å². The molecule has 2 heterocycles. The molecule has 150 valence electrons. The van der Waals surface area contributed by atoms with Crippen molar-refractivity contribution in [3.05, 3.63) is 83.6 Å². The Kier molecular flexibility index (Phi) is 5.67. The number of ether oxygens (including phenoxy) is 1. The highest BCUT2D eigenvalue weighted by Gasteiger charge is 2.12. The molecule has 29 heavy (non-hydrogen) atoms. The second-order valence-corrected chi connectivity index (χ2v) is 7.26. The van der Waals surface area contributed by atoms with Gasteiger partial charge in [0.25, 0.3) is 0 Å². The SMILES string of the molecule is CCc1nccn1Cc1cc(CNC(C)c2cc3ccccc3o2)ccc1OC. The summed E-state index contributed by atoms with van der Waals surface area (Å²) in [5, 5.41) is 4.70. The normalized spacial score (nSPS) is 12.4. The number of rotatable bonds is 8. The lowest BCUT2D eigenvalue weighted by Crippen LogP contribution is -2.17. The molecule has 0 fully saturated rings. The zero-order chi connectivity index (χ0) is 20.2. The van der Waals surface area contributed by atoms with Crippen LogP contribution in [0, 0.1) is 0 Å². The number of para-hydroxylation sites is 1. The first-order valence-electron chi connectivity index (χ1n) is 10.1. The predicted octanol–water partition coefficient (Wildman–Crippen LogP) is 5.10. The van der Waals surface area contributed by atoms with Gasteiger partial charge in [-0.3, -0.25) is 0 Å². The van der Waals surface area contributed by atoms with Crippen LogP contribution in [0.1, 0.15) is 42.6 Å². The standard InChI is InChI=1S/C24H27N3O2/c1-4-24-25-11-12-27(24)16-20-13-18(9-10-21(20)28-3)15-26-17(2)23-14-19-7-5-6-8-22(19)29-23/h5-14,17,26H,4,15-16H2,1-3H3. The molecule has 0 radical (unpaired) electrons. The van der Waals surface area contributed by atoms with Crippen LogP contribution in [0.2, 0.25) is 0 Å². The third-order valence-electron chi connectivity index (χ3n) is 5.29. The molecule has 0 aliphatic carbocycles. The fourth-order valence-electron chi connectivity index (χ4n) is 3.63. The zero-order valence-electron chi connectivity index (χ0n) is 17.2. The van der Waals surface area contributed by atoms with Crippen molar-refractivity contribution in [2.24, 2.45) is 0 Å². The maximum atomic E-state index is 5.98. The van der Waals surface area contributed by atoms with Gasteiger partial charge >= 0.3 is 0 Å². The molecule has 0 aliphatic heterocycles. The van der Waals surface area contributed by atoms with Crippen LogP contribution in [0.15, 0.2) is 65.3 Å². The first-order chi connectivity index (χ1) is 14.2. The van der Waals surface area contributed by atoms with Gasteiger partial charge in [0.1, 0.15) is 22.9 Å². The summed E-state index contributed by atoms with van der Waals surface area (Å²) in [6.45, 7) is 5.75. The van der Waals surface area contributed by atoms with Crippen molar-refractivity contribution in [1.29, 1.82) is 0 Å². The number of aromatic nitrogens is 2. The third-order valence-corrected chi connectivity index (χ3v) is 5.29. The van der Waals surface area contributed by atoms with E-state index in [9.17, 15) is 0 Å². The molecule has 4 rings (SSSR count). The molecule has 1 N–H and O–H groups in total. The summed E-state index contributed by atoms with van der Waals surface area (Å²) in [6.07, 6.45) is 4.78. The van der Waals surface area contributed by atoms with Crippen LogP contribution in [0.25, 0.3) is 11.0 Å². The number of hydrogen-bond acceptors (Lipinski definition) is 4. The molecule has 2 aromatic carbocycles. The van der Waals surface area contributed by atoms with E-state index in [0.29, 0.717) is 0 Å². The van der Waals surface area contributed by atoms with Crippen LogP contribution >= 0.6 is 0 Å². The van der Waals surface area contributed by atoms with Crippen molar-refractivity contribution in [2.75, 3.05) is 7.11 Å². The van der Waals surface area contributed by atoms with Crippen molar-refractivity contribution in [3.8, 4) is 5.75 Å². The molecular weight excluding hydrogens is 362 g/mol. The molecular formula is C24H27N3O2. The minimum absolute atomic E-state index is 0.119. The average molecular weight is 389 g/mol. The predicted molar refractivity (Wildman–Crippen MR) is 115 cm³/mol. The topological polar surface area (TPSA) is 52.2 Å². The molecule has 5 nitrogen and oxygen atoms in total. The number of aryl methyl sites for hydroxylation is 1. The van der Waals surface area contributed by atoms with E-state index < -0.39 is 0 Å². The molecule has 0 bridgehead atoms. The van der Waals surface area contributed by atoms with Crippen molar-refractivity contribution < 1.29 is 9.15 Å². The number of imidazole rings is 1. The summed E-state index contributed by atoms with van der Waals surface area (Å²) in [7, 11) is 1.72. The molecule has 5 heteroatoms. The summed E-state index contributed by atoms with van der Waals surface area (Å²) in [5.74, 6) is 2.93. The number of furan rings is 1. The second kappa shape index (κ2) is 8.53. The van der Waals surface area contributed by atoms with Gasteiger partial charge in [-0.2, -0.15) is 0 Å². The molecule has 0 saturated carbocycles. The quantitative estimate of drug-likeness (QED) is 0.455. The third kappa shape index (κ3) is 4.20. The van der Waals surface area contributed by atoms with Crippen molar-refractivity contribution in [1.82, 2.24) is 14.9 Å². The number of hydrogen-bond donors (Lipinski definition) is 1. The van der Waals surface area contributed by atoms with Gasteiger partial charge in [-0.15, -0.1) is 0 Å². The fourth-order valence-corrected chi connectivity index (χ4v) is 3.63. The van der Waals surface area contributed by atoms with Crippen LogP contribution < -0.4 is 10.1 Å². The summed E-state index contributed by atoms with van der Waals surface area (Å²) in [4.78, 5) is 4.42. The molecule has 0 aliphatic rings. The van der Waals surface area contributed by atoms with Crippen LogP contribution in [0.5, 0.6) is 5.75 Å². The summed E-state index contributed by atoms with van der Waals surface area (Å²) >= 11 is 0. The van der Waals surface area contributed by atoms with E-state index in [-0.39, 0.29) is 6.04 Å². The minimum atomic E-state index is 0.119. The maximum absolute atomic E-state index is 5.98. The largest absolute Gasteiger partial charge is 0.496 e. The number of nitrogens with zero attached hydrogens (tertiary/aromatic N) is 2. The van der Waals surface area contributed by atoms with Gasteiger partial charge in [-0.25, -0.2) is 4.98 Å². The van der Waals surface area contributed by atoms with Gasteiger partial charge in [-0.05, 0) is 36.8 Å². The second-order valence-electron chi connectivity index (χ2n) is 7.26. The minimum Gasteiger partial charge on any atom is -0.496 e. The highest BCUT2D eigenvalue weighted by Crippen LogP contribution is 2.25. The van der Waals surface area contributed by atoms with Crippen molar-refractivity contribution in [2.45, 2.75) is 39.4 Å². The Morgan fingerprint density at radius 3 is 2.83 bits per heavy atom. The maximum Gasteiger partial charge on any atom is 0.134 e. The fraction of sp³-hybridized carbons (Fsp3) is 0.292. The molecule has 1 atom stereocenters. The van der Waals surface area contributed by atoms with E-state index >= 15 is 0 Å². The Hall–Kier alpha value is -3.05. The summed E-state index contributed by atoms with van der Waals surface area (Å²) in [5.41, 5.74) is 3.28. The summed E-state index contributed by atoms with van der Waals surface area (Å²) < 4.78 is 13.7. The lowest BCUT2D eigenvalue weighted by Gasteiger charge is -2.15. The van der Waals surface area contributed by atoms with Crippen LogP contribution in [-0.4, -0.2) is 16.7 Å². The average Bonchev–Trinajstić information content (AvgIpc) is 3.38. The molecule has 0 amide bonds. The highest BCUT2D eigenvalue weighted by molar-refractivity contribution is 5.77. The van der Waals surface area contributed by atoms with Crippen LogP contribution in [-0.2, 0) is 19.5 Å². The van der Waals surface area contributed by atoms with Gasteiger partial charge in [0, 0.05) is 36.3 Å².